The van der Waals surface area contributed by atoms with Crippen LogP contribution >= 0.6 is 0 Å². The number of amides is 1. The van der Waals surface area contributed by atoms with Gasteiger partial charge in [-0.1, -0.05) is 36.4 Å². The number of carbonyl (C=O) groups is 1. The van der Waals surface area contributed by atoms with Crippen molar-refractivity contribution in [1.82, 2.24) is 4.90 Å². The predicted octanol–water partition coefficient (Wildman–Crippen LogP) is 3.05. The minimum atomic E-state index is -3.16. The first-order valence-electron chi connectivity index (χ1n) is 9.25. The minimum absolute atomic E-state index is 0.366. The fourth-order valence-electron chi connectivity index (χ4n) is 3.95. The molecule has 148 valence electrons. The average Bonchev–Trinajstić information content (AvgIpc) is 2.69. The molecule has 0 radical (unpaired) electrons. The van der Waals surface area contributed by atoms with Crippen LogP contribution in [0.5, 0.6) is 0 Å². The highest BCUT2D eigenvalue weighted by Crippen LogP contribution is 2.37. The Bertz CT molecular complexity index is 872. The highest BCUT2D eigenvalue weighted by molar-refractivity contribution is 5.82. The normalized spacial score (nSPS) is 26.6. The summed E-state index contributed by atoms with van der Waals surface area (Å²) in [5, 5.41) is 0. The number of hydrogen-bond acceptors (Lipinski definition) is 3. The van der Waals surface area contributed by atoms with E-state index in [0.717, 1.165) is 16.7 Å². The number of benzene rings is 2. The first-order valence-corrected chi connectivity index (χ1v) is 9.25. The van der Waals surface area contributed by atoms with Gasteiger partial charge in [-0.15, -0.1) is 0 Å². The molecule has 2 aliphatic heterocycles. The summed E-state index contributed by atoms with van der Waals surface area (Å²) >= 11 is 0. The molecule has 0 saturated carbocycles. The maximum absolute atomic E-state index is 14.1. The van der Waals surface area contributed by atoms with Crippen LogP contribution in [0.2, 0.25) is 0 Å². The third-order valence-electron chi connectivity index (χ3n) is 5.50. The summed E-state index contributed by atoms with van der Waals surface area (Å²) in [6.07, 6.45) is -1.37. The van der Waals surface area contributed by atoms with Crippen molar-refractivity contribution in [3.8, 4) is 0 Å². The van der Waals surface area contributed by atoms with Gasteiger partial charge in [-0.05, 0) is 35.2 Å². The van der Waals surface area contributed by atoms with Crippen molar-refractivity contribution in [3.63, 3.8) is 0 Å². The van der Waals surface area contributed by atoms with E-state index in [-0.39, 0.29) is 12.4 Å². The van der Waals surface area contributed by atoms with Gasteiger partial charge in [0.05, 0.1) is 18.7 Å². The molecule has 2 aromatic carbocycles. The molecule has 28 heavy (non-hydrogen) atoms. The van der Waals surface area contributed by atoms with E-state index >= 15 is 0 Å². The zero-order chi connectivity index (χ0) is 19.9. The van der Waals surface area contributed by atoms with Gasteiger partial charge in [0.15, 0.2) is 0 Å². The maximum Gasteiger partial charge on any atom is 0.268 e. The standard InChI is InChI=1S/C21H21F3N2O2/c22-15-7-5-14(6-8-15)19-16-4-2-1-3-13(16)9-10-26(19)20(27)17-11-21(23,24)18(25)12-28-17/h1-8,17-19H,9-12,25H2/t17-,18+,19-/m0/s1. The molecule has 0 spiro atoms. The lowest BCUT2D eigenvalue weighted by atomic mass is 9.87. The molecule has 4 nitrogen and oxygen atoms in total. The smallest absolute Gasteiger partial charge is 0.268 e. The molecule has 7 heteroatoms. The second-order valence-corrected chi connectivity index (χ2v) is 7.33. The topological polar surface area (TPSA) is 55.6 Å². The van der Waals surface area contributed by atoms with Crippen LogP contribution in [0.25, 0.3) is 0 Å². The molecule has 3 atom stereocenters. The van der Waals surface area contributed by atoms with E-state index in [0.29, 0.717) is 13.0 Å². The van der Waals surface area contributed by atoms with Gasteiger partial charge in [0, 0.05) is 13.0 Å². The molecular formula is C21H21F3N2O2. The van der Waals surface area contributed by atoms with Gasteiger partial charge in [0.2, 0.25) is 0 Å². The van der Waals surface area contributed by atoms with Gasteiger partial charge in [0.1, 0.15) is 11.9 Å². The van der Waals surface area contributed by atoms with Crippen molar-refractivity contribution in [2.45, 2.75) is 37.0 Å². The number of hydrogen-bond donors (Lipinski definition) is 1. The van der Waals surface area contributed by atoms with Crippen LogP contribution in [0.4, 0.5) is 13.2 Å². The third kappa shape index (κ3) is 3.40. The summed E-state index contributed by atoms with van der Waals surface area (Å²) in [6.45, 7) is 0.00439. The monoisotopic (exact) mass is 390 g/mol. The Morgan fingerprint density at radius 3 is 2.57 bits per heavy atom. The van der Waals surface area contributed by atoms with Crippen LogP contribution in [-0.4, -0.2) is 42.0 Å². The quantitative estimate of drug-likeness (QED) is 0.858. The number of fused-ring (bicyclic) bond motifs is 1. The van der Waals surface area contributed by atoms with Crippen LogP contribution in [0.1, 0.15) is 29.2 Å². The van der Waals surface area contributed by atoms with Gasteiger partial charge >= 0.3 is 0 Å². The van der Waals surface area contributed by atoms with Gasteiger partial charge in [-0.3, -0.25) is 4.79 Å². The van der Waals surface area contributed by atoms with E-state index in [9.17, 15) is 18.0 Å². The fourth-order valence-corrected chi connectivity index (χ4v) is 3.95. The zero-order valence-corrected chi connectivity index (χ0v) is 15.2. The molecule has 1 saturated heterocycles. The van der Waals surface area contributed by atoms with E-state index in [4.69, 9.17) is 10.5 Å². The molecule has 1 fully saturated rings. The largest absolute Gasteiger partial charge is 0.366 e. The minimum Gasteiger partial charge on any atom is -0.366 e. The Kier molecular flexibility index (Phi) is 4.89. The average molecular weight is 390 g/mol. The summed E-state index contributed by atoms with van der Waals surface area (Å²) in [5.41, 5.74) is 8.13. The van der Waals surface area contributed by atoms with E-state index in [1.807, 2.05) is 24.3 Å². The van der Waals surface area contributed by atoms with Gasteiger partial charge in [-0.25, -0.2) is 13.2 Å². The Morgan fingerprint density at radius 2 is 1.86 bits per heavy atom. The van der Waals surface area contributed by atoms with E-state index in [1.54, 1.807) is 17.0 Å². The predicted molar refractivity (Wildman–Crippen MR) is 97.4 cm³/mol. The first kappa shape index (κ1) is 19.0. The Morgan fingerprint density at radius 1 is 1.14 bits per heavy atom. The Hall–Kier alpha value is -2.38. The third-order valence-corrected chi connectivity index (χ3v) is 5.50. The second kappa shape index (κ2) is 7.22. The second-order valence-electron chi connectivity index (χ2n) is 7.33. The molecule has 2 heterocycles. The molecule has 2 aromatic rings. The number of ether oxygens (including phenoxy) is 1. The van der Waals surface area contributed by atoms with Gasteiger partial charge < -0.3 is 15.4 Å². The molecule has 2 N–H and O–H groups in total. The van der Waals surface area contributed by atoms with Crippen molar-refractivity contribution in [3.05, 3.63) is 71.0 Å². The van der Waals surface area contributed by atoms with Crippen LogP contribution in [0.3, 0.4) is 0 Å². The molecule has 0 unspecified atom stereocenters. The first-order chi connectivity index (χ1) is 13.4. The van der Waals surface area contributed by atoms with Gasteiger partial charge in [0.25, 0.3) is 11.8 Å². The molecule has 2 aliphatic rings. The van der Waals surface area contributed by atoms with Crippen molar-refractivity contribution in [2.24, 2.45) is 5.73 Å². The maximum atomic E-state index is 14.1. The zero-order valence-electron chi connectivity index (χ0n) is 15.2. The molecule has 0 bridgehead atoms. The summed E-state index contributed by atoms with van der Waals surface area (Å²) < 4.78 is 46.9. The number of halogens is 3. The van der Waals surface area contributed by atoms with Crippen molar-refractivity contribution in [2.75, 3.05) is 13.2 Å². The highest BCUT2D eigenvalue weighted by Gasteiger charge is 2.48. The molecule has 0 aliphatic carbocycles. The molecular weight excluding hydrogens is 369 g/mol. The van der Waals surface area contributed by atoms with Crippen LogP contribution in [0.15, 0.2) is 48.5 Å². The summed E-state index contributed by atoms with van der Waals surface area (Å²) in [6, 6.07) is 11.7. The van der Waals surface area contributed by atoms with E-state index in [2.05, 4.69) is 0 Å². The summed E-state index contributed by atoms with van der Waals surface area (Å²) in [5.74, 6) is -4.03. The molecule has 1 amide bonds. The number of rotatable bonds is 2. The lowest BCUT2D eigenvalue weighted by molar-refractivity contribution is -0.172. The number of carbonyl (C=O) groups excluding carboxylic acids is 1. The van der Waals surface area contributed by atoms with Crippen LogP contribution in [-0.2, 0) is 16.0 Å². The SMILES string of the molecule is N[C@@H]1CO[C@H](C(=O)N2CCc3ccccc3[C@@H]2c2ccc(F)cc2)CC1(F)F. The fraction of sp³-hybridized carbons (Fsp3) is 0.381. The van der Waals surface area contributed by atoms with Gasteiger partial charge in [-0.2, -0.15) is 0 Å². The highest BCUT2D eigenvalue weighted by atomic mass is 19.3. The lowest BCUT2D eigenvalue weighted by Gasteiger charge is -2.41. The van der Waals surface area contributed by atoms with Crippen molar-refractivity contribution in [1.29, 1.82) is 0 Å². The lowest BCUT2D eigenvalue weighted by Crippen LogP contribution is -2.56. The van der Waals surface area contributed by atoms with Crippen molar-refractivity contribution < 1.29 is 22.7 Å². The summed E-state index contributed by atoms with van der Waals surface area (Å²) in [4.78, 5) is 14.7. The van der Waals surface area contributed by atoms with Crippen molar-refractivity contribution >= 4 is 5.91 Å². The number of alkyl halides is 2. The number of nitrogens with zero attached hydrogens (tertiary/aromatic N) is 1. The molecule has 0 aromatic heterocycles. The summed E-state index contributed by atoms with van der Waals surface area (Å²) in [7, 11) is 0. The van der Waals surface area contributed by atoms with E-state index < -0.39 is 36.4 Å². The van der Waals surface area contributed by atoms with E-state index in [1.165, 1.54) is 12.1 Å². The van der Waals surface area contributed by atoms with Crippen LogP contribution < -0.4 is 5.73 Å². The van der Waals surface area contributed by atoms with Crippen LogP contribution in [0, 0.1) is 5.82 Å². The number of nitrogens with two attached hydrogens (primary N) is 1. The Balaban J connectivity index is 1.69. The Labute approximate surface area is 161 Å². The molecule has 4 rings (SSSR count).